The van der Waals surface area contributed by atoms with Gasteiger partial charge in [-0.3, -0.25) is 0 Å². The molecule has 0 radical (unpaired) electrons. The van der Waals surface area contributed by atoms with Gasteiger partial charge in [0.1, 0.15) is 0 Å². The molecule has 1 fully saturated rings. The highest BCUT2D eigenvalue weighted by atomic mass is 16.5. The molecule has 0 aromatic carbocycles. The van der Waals surface area contributed by atoms with E-state index < -0.39 is 0 Å². The summed E-state index contributed by atoms with van der Waals surface area (Å²) >= 11 is 0. The lowest BCUT2D eigenvalue weighted by atomic mass is 9.80. The van der Waals surface area contributed by atoms with Gasteiger partial charge in [-0.05, 0) is 32.2 Å². The molecule has 2 unspecified atom stereocenters. The minimum atomic E-state index is -0.120. The lowest BCUT2D eigenvalue weighted by Crippen LogP contribution is -2.53. The summed E-state index contributed by atoms with van der Waals surface area (Å²) in [6.07, 6.45) is 4.42. The van der Waals surface area contributed by atoms with Crippen LogP contribution in [0.4, 0.5) is 0 Å². The van der Waals surface area contributed by atoms with E-state index in [0.29, 0.717) is 13.2 Å². The van der Waals surface area contributed by atoms with Crippen molar-refractivity contribution in [2.24, 2.45) is 0 Å². The summed E-state index contributed by atoms with van der Waals surface area (Å²) in [6, 6.07) is 0. The fraction of sp³-hybridized carbons (Fsp3) is 1.00. The van der Waals surface area contributed by atoms with Crippen molar-refractivity contribution in [2.75, 3.05) is 33.5 Å². The molecule has 0 aliphatic heterocycles. The number of ether oxygens (including phenoxy) is 2. The molecule has 0 heterocycles. The highest BCUT2D eigenvalue weighted by Crippen LogP contribution is 2.29. The molecule has 1 saturated carbocycles. The third-order valence-electron chi connectivity index (χ3n) is 3.30. The number of methoxy groups -OCH3 is 1. The number of hydrogen-bond donors (Lipinski definition) is 2. The normalized spacial score (nSPS) is 30.6. The van der Waals surface area contributed by atoms with Crippen LogP contribution >= 0.6 is 0 Å². The number of nitrogens with one attached hydrogen (secondary N) is 1. The number of aliphatic hydroxyl groups excluding tert-OH is 1. The Morgan fingerprint density at radius 1 is 1.44 bits per heavy atom. The largest absolute Gasteiger partial charge is 0.394 e. The third kappa shape index (κ3) is 4.01. The molecule has 96 valence electrons. The first-order valence-corrected chi connectivity index (χ1v) is 6.23. The summed E-state index contributed by atoms with van der Waals surface area (Å²) in [5.41, 5.74) is -0.120. The van der Waals surface area contributed by atoms with Crippen LogP contribution in [0.1, 0.15) is 32.6 Å². The van der Waals surface area contributed by atoms with E-state index >= 15 is 0 Å². The SMILES string of the molecule is CCNC1(CO)CCCC(OCCOC)C1. The van der Waals surface area contributed by atoms with E-state index in [9.17, 15) is 5.11 Å². The number of likely N-dealkylation sites (N-methyl/N-ethyl adjacent to an activating group) is 1. The molecular weight excluding hydrogens is 206 g/mol. The van der Waals surface area contributed by atoms with Gasteiger partial charge in [0.2, 0.25) is 0 Å². The molecule has 1 aliphatic carbocycles. The summed E-state index contributed by atoms with van der Waals surface area (Å²) in [6.45, 7) is 4.46. The Morgan fingerprint density at radius 2 is 2.25 bits per heavy atom. The van der Waals surface area contributed by atoms with Crippen LogP contribution in [0.3, 0.4) is 0 Å². The first-order valence-electron chi connectivity index (χ1n) is 6.23. The van der Waals surface area contributed by atoms with Crippen LogP contribution in [0.15, 0.2) is 0 Å². The van der Waals surface area contributed by atoms with E-state index in [2.05, 4.69) is 12.2 Å². The number of hydrogen-bond acceptors (Lipinski definition) is 4. The maximum Gasteiger partial charge on any atom is 0.0704 e. The molecule has 0 bridgehead atoms. The van der Waals surface area contributed by atoms with Crippen LogP contribution in [0.2, 0.25) is 0 Å². The molecule has 0 saturated heterocycles. The average Bonchev–Trinajstić information content (AvgIpc) is 2.30. The Balaban J connectivity index is 2.38. The lowest BCUT2D eigenvalue weighted by molar-refractivity contribution is -0.0317. The van der Waals surface area contributed by atoms with Crippen LogP contribution in [-0.2, 0) is 9.47 Å². The second-order valence-corrected chi connectivity index (χ2v) is 4.55. The average molecular weight is 231 g/mol. The van der Waals surface area contributed by atoms with Crippen molar-refractivity contribution in [1.82, 2.24) is 5.32 Å². The highest BCUT2D eigenvalue weighted by molar-refractivity contribution is 4.93. The molecule has 2 atom stereocenters. The maximum absolute atomic E-state index is 9.52. The van der Waals surface area contributed by atoms with E-state index in [1.54, 1.807) is 7.11 Å². The summed E-state index contributed by atoms with van der Waals surface area (Å²) in [7, 11) is 1.68. The quantitative estimate of drug-likeness (QED) is 0.640. The van der Waals surface area contributed by atoms with Crippen LogP contribution < -0.4 is 5.32 Å². The Hall–Kier alpha value is -0.160. The van der Waals surface area contributed by atoms with Crippen LogP contribution in [0, 0.1) is 0 Å². The van der Waals surface area contributed by atoms with Crippen molar-refractivity contribution >= 4 is 0 Å². The van der Waals surface area contributed by atoms with E-state index in [1.807, 2.05) is 0 Å². The summed E-state index contributed by atoms with van der Waals surface area (Å²) < 4.78 is 10.7. The van der Waals surface area contributed by atoms with Crippen LogP contribution in [0.5, 0.6) is 0 Å². The van der Waals surface area contributed by atoms with E-state index in [0.717, 1.165) is 32.2 Å². The van der Waals surface area contributed by atoms with Crippen molar-refractivity contribution in [3.8, 4) is 0 Å². The first kappa shape index (κ1) is 13.9. The summed E-state index contributed by atoms with van der Waals surface area (Å²) in [5.74, 6) is 0. The van der Waals surface area contributed by atoms with Gasteiger partial charge < -0.3 is 19.9 Å². The second-order valence-electron chi connectivity index (χ2n) is 4.55. The van der Waals surface area contributed by atoms with Gasteiger partial charge in [0.05, 0.1) is 25.9 Å². The Labute approximate surface area is 98.3 Å². The predicted molar refractivity (Wildman–Crippen MR) is 63.6 cm³/mol. The van der Waals surface area contributed by atoms with Crippen molar-refractivity contribution in [3.05, 3.63) is 0 Å². The summed E-state index contributed by atoms with van der Waals surface area (Å²) in [5, 5.41) is 12.9. The fourth-order valence-electron chi connectivity index (χ4n) is 2.48. The third-order valence-corrected chi connectivity index (χ3v) is 3.30. The van der Waals surface area contributed by atoms with Gasteiger partial charge in [-0.1, -0.05) is 6.92 Å². The van der Waals surface area contributed by atoms with Crippen molar-refractivity contribution < 1.29 is 14.6 Å². The Bertz CT molecular complexity index is 185. The van der Waals surface area contributed by atoms with Crippen molar-refractivity contribution in [2.45, 2.75) is 44.2 Å². The zero-order valence-electron chi connectivity index (χ0n) is 10.5. The van der Waals surface area contributed by atoms with Gasteiger partial charge in [0, 0.05) is 12.6 Å². The Morgan fingerprint density at radius 3 is 2.88 bits per heavy atom. The molecule has 0 spiro atoms. The van der Waals surface area contributed by atoms with Gasteiger partial charge in [0.25, 0.3) is 0 Å². The monoisotopic (exact) mass is 231 g/mol. The number of rotatable bonds is 7. The molecule has 1 rings (SSSR count). The Kier molecular flexibility index (Phi) is 6.28. The molecule has 0 amide bonds. The standard InChI is InChI=1S/C12H25NO3/c1-3-13-12(10-14)6-4-5-11(9-12)16-8-7-15-2/h11,13-14H,3-10H2,1-2H3. The van der Waals surface area contributed by atoms with Gasteiger partial charge in [0.15, 0.2) is 0 Å². The topological polar surface area (TPSA) is 50.7 Å². The zero-order valence-corrected chi connectivity index (χ0v) is 10.5. The van der Waals surface area contributed by atoms with Crippen LogP contribution in [0.25, 0.3) is 0 Å². The smallest absolute Gasteiger partial charge is 0.0704 e. The highest BCUT2D eigenvalue weighted by Gasteiger charge is 2.35. The second kappa shape index (κ2) is 7.22. The maximum atomic E-state index is 9.52. The molecule has 1 aliphatic rings. The minimum absolute atomic E-state index is 0.120. The fourth-order valence-corrected chi connectivity index (χ4v) is 2.48. The molecule has 16 heavy (non-hydrogen) atoms. The van der Waals surface area contributed by atoms with Crippen LogP contribution in [-0.4, -0.2) is 50.2 Å². The molecule has 2 N–H and O–H groups in total. The molecule has 4 heteroatoms. The van der Waals surface area contributed by atoms with Gasteiger partial charge in [-0.2, -0.15) is 0 Å². The van der Waals surface area contributed by atoms with Gasteiger partial charge in [-0.15, -0.1) is 0 Å². The molecular formula is C12H25NO3. The predicted octanol–water partition coefficient (Wildman–Crippen LogP) is 0.933. The lowest BCUT2D eigenvalue weighted by Gasteiger charge is -2.40. The van der Waals surface area contributed by atoms with E-state index in [1.165, 1.54) is 0 Å². The zero-order chi connectivity index (χ0) is 11.9. The first-order chi connectivity index (χ1) is 7.76. The molecule has 4 nitrogen and oxygen atoms in total. The van der Waals surface area contributed by atoms with Gasteiger partial charge in [-0.25, -0.2) is 0 Å². The minimum Gasteiger partial charge on any atom is -0.394 e. The van der Waals surface area contributed by atoms with E-state index in [4.69, 9.17) is 9.47 Å². The number of aliphatic hydroxyl groups is 1. The van der Waals surface area contributed by atoms with Crippen molar-refractivity contribution in [3.63, 3.8) is 0 Å². The molecule has 0 aromatic rings. The van der Waals surface area contributed by atoms with Gasteiger partial charge >= 0.3 is 0 Å². The summed E-state index contributed by atoms with van der Waals surface area (Å²) in [4.78, 5) is 0. The molecule has 0 aromatic heterocycles. The van der Waals surface area contributed by atoms with Crippen molar-refractivity contribution in [1.29, 1.82) is 0 Å². The van der Waals surface area contributed by atoms with E-state index in [-0.39, 0.29) is 18.2 Å².